The Bertz CT molecular complexity index is 929. The molecule has 2 aromatic rings. The number of ether oxygens (including phenoxy) is 2. The molecule has 1 aromatic carbocycles. The van der Waals surface area contributed by atoms with Gasteiger partial charge in [-0.25, -0.2) is 0 Å². The Hall–Kier alpha value is -2.50. The zero-order valence-electron chi connectivity index (χ0n) is 18.6. The van der Waals surface area contributed by atoms with Gasteiger partial charge in [-0.1, -0.05) is 25.9 Å². The molecule has 0 spiro atoms. The summed E-state index contributed by atoms with van der Waals surface area (Å²) in [5.41, 5.74) is 1.27. The summed E-state index contributed by atoms with van der Waals surface area (Å²) in [6, 6.07) is 7.71. The molecule has 2 aliphatic rings. The van der Waals surface area contributed by atoms with Crippen molar-refractivity contribution in [2.75, 3.05) is 14.2 Å². The van der Waals surface area contributed by atoms with Crippen molar-refractivity contribution in [1.82, 2.24) is 10.5 Å². The average Bonchev–Trinajstić information content (AvgIpc) is 3.36. The van der Waals surface area contributed by atoms with Crippen LogP contribution in [0.15, 0.2) is 28.8 Å². The van der Waals surface area contributed by atoms with Gasteiger partial charge in [0.2, 0.25) is 5.91 Å². The predicted octanol–water partition coefficient (Wildman–Crippen LogP) is 4.72. The van der Waals surface area contributed by atoms with E-state index in [9.17, 15) is 4.79 Å². The number of rotatable bonds is 6. The quantitative estimate of drug-likeness (QED) is 0.743. The lowest BCUT2D eigenvalue weighted by Gasteiger charge is -2.39. The van der Waals surface area contributed by atoms with Gasteiger partial charge in [0, 0.05) is 17.7 Å². The molecular weight excluding hydrogens is 380 g/mol. The van der Waals surface area contributed by atoms with Gasteiger partial charge in [-0.05, 0) is 61.6 Å². The molecule has 162 valence electrons. The van der Waals surface area contributed by atoms with Crippen LogP contribution in [-0.4, -0.2) is 31.3 Å². The monoisotopic (exact) mass is 412 g/mol. The average molecular weight is 413 g/mol. The maximum atomic E-state index is 13.2. The molecule has 0 radical (unpaired) electrons. The molecule has 0 aliphatic heterocycles. The molecule has 1 aromatic heterocycles. The van der Waals surface area contributed by atoms with Crippen molar-refractivity contribution in [3.05, 3.63) is 30.0 Å². The van der Waals surface area contributed by atoms with Crippen LogP contribution in [-0.2, 0) is 10.2 Å². The van der Waals surface area contributed by atoms with E-state index in [4.69, 9.17) is 14.0 Å². The highest BCUT2D eigenvalue weighted by Crippen LogP contribution is 2.49. The molecule has 0 bridgehead atoms. The van der Waals surface area contributed by atoms with Gasteiger partial charge in [-0.15, -0.1) is 0 Å². The van der Waals surface area contributed by atoms with Crippen molar-refractivity contribution in [3.63, 3.8) is 0 Å². The zero-order chi connectivity index (χ0) is 21.5. The second kappa shape index (κ2) is 7.64. The Balaban J connectivity index is 1.51. The first-order valence-electron chi connectivity index (χ1n) is 10.8. The van der Waals surface area contributed by atoms with Crippen molar-refractivity contribution in [2.24, 2.45) is 11.3 Å². The van der Waals surface area contributed by atoms with E-state index in [1.807, 2.05) is 24.3 Å². The Labute approximate surface area is 178 Å². The summed E-state index contributed by atoms with van der Waals surface area (Å²) in [7, 11) is 3.21. The topological polar surface area (TPSA) is 73.6 Å². The summed E-state index contributed by atoms with van der Waals surface area (Å²) in [6.07, 6.45) is 4.89. The molecule has 30 heavy (non-hydrogen) atoms. The molecule has 6 nitrogen and oxygen atoms in total. The Morgan fingerprint density at radius 3 is 2.50 bits per heavy atom. The highest BCUT2D eigenvalue weighted by atomic mass is 16.5. The molecule has 1 heterocycles. The Morgan fingerprint density at radius 1 is 1.13 bits per heavy atom. The fraction of sp³-hybridized carbons (Fsp3) is 0.583. The van der Waals surface area contributed by atoms with Crippen LogP contribution in [0.1, 0.15) is 58.6 Å². The summed E-state index contributed by atoms with van der Waals surface area (Å²) in [5.74, 6) is 2.62. The zero-order valence-corrected chi connectivity index (χ0v) is 18.6. The van der Waals surface area contributed by atoms with Gasteiger partial charge < -0.3 is 19.3 Å². The first-order chi connectivity index (χ1) is 14.3. The summed E-state index contributed by atoms with van der Waals surface area (Å²) >= 11 is 0. The van der Waals surface area contributed by atoms with Crippen LogP contribution < -0.4 is 14.8 Å². The number of aromatic nitrogens is 1. The van der Waals surface area contributed by atoms with Crippen LogP contribution in [0.5, 0.6) is 11.5 Å². The SMILES string of the molecule is COc1ccc(-c2cc(C3(C(=O)NC4CC(C)CC(C)(C)C4)CC3)no2)cc1OC. The van der Waals surface area contributed by atoms with E-state index in [1.54, 1.807) is 14.2 Å². The molecule has 2 unspecified atom stereocenters. The third-order valence-corrected chi connectivity index (χ3v) is 6.58. The summed E-state index contributed by atoms with van der Waals surface area (Å²) in [4.78, 5) is 13.2. The van der Waals surface area contributed by atoms with Gasteiger partial charge in [-0.2, -0.15) is 0 Å². The van der Waals surface area contributed by atoms with Gasteiger partial charge in [0.15, 0.2) is 17.3 Å². The van der Waals surface area contributed by atoms with Crippen molar-refractivity contribution in [2.45, 2.75) is 64.3 Å². The molecule has 2 aliphatic carbocycles. The number of nitrogens with zero attached hydrogens (tertiary/aromatic N) is 1. The Kier molecular flexibility index (Phi) is 5.28. The lowest BCUT2D eigenvalue weighted by molar-refractivity contribution is -0.125. The number of carbonyl (C=O) groups excluding carboxylic acids is 1. The van der Waals surface area contributed by atoms with Gasteiger partial charge in [0.25, 0.3) is 0 Å². The third-order valence-electron chi connectivity index (χ3n) is 6.58. The minimum absolute atomic E-state index is 0.0876. The normalized spacial score (nSPS) is 24.2. The summed E-state index contributed by atoms with van der Waals surface area (Å²) in [6.45, 7) is 6.86. The van der Waals surface area contributed by atoms with Crippen LogP contribution >= 0.6 is 0 Å². The number of carbonyl (C=O) groups is 1. The van der Waals surface area contributed by atoms with Crippen LogP contribution in [0.25, 0.3) is 11.3 Å². The van der Waals surface area contributed by atoms with Crippen molar-refractivity contribution in [1.29, 1.82) is 0 Å². The number of amides is 1. The van der Waals surface area contributed by atoms with Crippen molar-refractivity contribution in [3.8, 4) is 22.8 Å². The van der Waals surface area contributed by atoms with E-state index >= 15 is 0 Å². The largest absolute Gasteiger partial charge is 0.493 e. The van der Waals surface area contributed by atoms with Gasteiger partial charge in [0.05, 0.1) is 25.3 Å². The van der Waals surface area contributed by atoms with E-state index in [-0.39, 0.29) is 17.4 Å². The molecule has 1 amide bonds. The minimum atomic E-state index is -0.552. The second-order valence-corrected chi connectivity index (χ2v) is 9.81. The summed E-state index contributed by atoms with van der Waals surface area (Å²) in [5, 5.41) is 7.61. The van der Waals surface area contributed by atoms with E-state index in [1.165, 1.54) is 6.42 Å². The van der Waals surface area contributed by atoms with Crippen LogP contribution in [0, 0.1) is 11.3 Å². The molecule has 4 rings (SSSR count). The lowest BCUT2D eigenvalue weighted by Crippen LogP contribution is -2.46. The molecule has 2 saturated carbocycles. The van der Waals surface area contributed by atoms with Crippen LogP contribution in [0.4, 0.5) is 0 Å². The first-order valence-corrected chi connectivity index (χ1v) is 10.8. The second-order valence-electron chi connectivity index (χ2n) is 9.81. The minimum Gasteiger partial charge on any atom is -0.493 e. The molecule has 6 heteroatoms. The smallest absolute Gasteiger partial charge is 0.232 e. The fourth-order valence-electron chi connectivity index (χ4n) is 5.13. The lowest BCUT2D eigenvalue weighted by atomic mass is 9.70. The molecule has 0 saturated heterocycles. The van der Waals surface area contributed by atoms with E-state index in [0.717, 1.165) is 31.2 Å². The van der Waals surface area contributed by atoms with E-state index < -0.39 is 5.41 Å². The first kappa shape index (κ1) is 20.8. The van der Waals surface area contributed by atoms with Crippen LogP contribution in [0.3, 0.4) is 0 Å². The van der Waals surface area contributed by atoms with Gasteiger partial charge in [-0.3, -0.25) is 4.79 Å². The van der Waals surface area contributed by atoms with Crippen molar-refractivity contribution < 1.29 is 18.8 Å². The molecule has 1 N–H and O–H groups in total. The number of hydrogen-bond acceptors (Lipinski definition) is 5. The number of benzene rings is 1. The van der Waals surface area contributed by atoms with Crippen LogP contribution in [0.2, 0.25) is 0 Å². The molecule has 2 atom stereocenters. The number of methoxy groups -OCH3 is 2. The van der Waals surface area contributed by atoms with Gasteiger partial charge >= 0.3 is 0 Å². The third kappa shape index (κ3) is 3.92. The summed E-state index contributed by atoms with van der Waals surface area (Å²) < 4.78 is 16.3. The Morgan fingerprint density at radius 2 is 1.87 bits per heavy atom. The van der Waals surface area contributed by atoms with Crippen molar-refractivity contribution >= 4 is 5.91 Å². The molecular formula is C24H32N2O4. The van der Waals surface area contributed by atoms with E-state index in [0.29, 0.717) is 28.9 Å². The maximum Gasteiger partial charge on any atom is 0.232 e. The number of nitrogens with one attached hydrogen (secondary N) is 1. The fourth-order valence-corrected chi connectivity index (χ4v) is 5.13. The maximum absolute atomic E-state index is 13.2. The predicted molar refractivity (Wildman–Crippen MR) is 115 cm³/mol. The standard InChI is InChI=1S/C24H32N2O4/c1-15-10-17(14-23(2,3)13-15)25-22(27)24(8-9-24)21-12-19(30-26-21)16-6-7-18(28-4)20(11-16)29-5/h6-7,11-12,15,17H,8-10,13-14H2,1-5H3,(H,25,27). The highest BCUT2D eigenvalue weighted by Gasteiger charge is 2.54. The number of hydrogen-bond donors (Lipinski definition) is 1. The highest BCUT2D eigenvalue weighted by molar-refractivity contribution is 5.91. The molecule has 2 fully saturated rings. The van der Waals surface area contributed by atoms with Gasteiger partial charge in [0.1, 0.15) is 0 Å². The van der Waals surface area contributed by atoms with E-state index in [2.05, 4.69) is 31.2 Å².